The molecule has 1 aliphatic rings. The van der Waals surface area contributed by atoms with E-state index in [2.05, 4.69) is 5.32 Å². The van der Waals surface area contributed by atoms with Crippen molar-refractivity contribution in [1.82, 2.24) is 0 Å². The van der Waals surface area contributed by atoms with Crippen molar-refractivity contribution >= 4 is 23.4 Å². The number of thioether (sulfide) groups is 1. The fourth-order valence-corrected chi connectivity index (χ4v) is 2.72. The lowest BCUT2D eigenvalue weighted by Gasteiger charge is -2.28. The van der Waals surface area contributed by atoms with E-state index in [1.54, 1.807) is 24.3 Å². The van der Waals surface area contributed by atoms with Crippen LogP contribution >= 0.6 is 11.8 Å². The van der Waals surface area contributed by atoms with Gasteiger partial charge in [-0.2, -0.15) is 8.78 Å². The van der Waals surface area contributed by atoms with Gasteiger partial charge in [-0.05, 0) is 31.2 Å². The van der Waals surface area contributed by atoms with Crippen molar-refractivity contribution in [2.75, 3.05) is 31.6 Å². The second-order valence-corrected chi connectivity index (χ2v) is 5.95. The van der Waals surface area contributed by atoms with Gasteiger partial charge in [-0.1, -0.05) is 11.8 Å². The number of rotatable bonds is 5. The summed E-state index contributed by atoms with van der Waals surface area (Å²) in [6.45, 7) is 4.87. The predicted molar refractivity (Wildman–Crippen MR) is 77.9 cm³/mol. The minimum absolute atomic E-state index is 0.0684. The highest BCUT2D eigenvalue weighted by atomic mass is 32.2. The van der Waals surface area contributed by atoms with Crippen molar-refractivity contribution in [2.45, 2.75) is 23.6 Å². The van der Waals surface area contributed by atoms with Crippen LogP contribution in [0.1, 0.15) is 6.92 Å². The fraction of sp³-hybridized carbons (Fsp3) is 0.500. The third-order valence-electron chi connectivity index (χ3n) is 3.49. The molecular formula is C14H19F2N2O2S+. The summed E-state index contributed by atoms with van der Waals surface area (Å²) in [7, 11) is 0. The van der Waals surface area contributed by atoms with Gasteiger partial charge in [-0.3, -0.25) is 4.79 Å². The second-order valence-electron chi connectivity index (χ2n) is 4.88. The Labute approximate surface area is 126 Å². The van der Waals surface area contributed by atoms with Crippen LogP contribution in [0.25, 0.3) is 0 Å². The molecule has 1 amide bonds. The number of benzene rings is 1. The van der Waals surface area contributed by atoms with E-state index >= 15 is 0 Å². The lowest BCUT2D eigenvalue weighted by Crippen LogP contribution is -3.18. The van der Waals surface area contributed by atoms with Crippen LogP contribution in [0.15, 0.2) is 29.2 Å². The average molecular weight is 317 g/mol. The SMILES string of the molecule is C[C@@H](C(=O)Nc1ccc(SC(F)F)cc1)[NH+]1CCOCC1. The van der Waals surface area contributed by atoms with Crippen LogP contribution in [-0.4, -0.2) is 44.0 Å². The molecule has 0 bridgehead atoms. The fourth-order valence-electron chi connectivity index (χ4n) is 2.22. The zero-order valence-corrected chi connectivity index (χ0v) is 12.6. The van der Waals surface area contributed by atoms with Gasteiger partial charge in [0.15, 0.2) is 6.04 Å². The highest BCUT2D eigenvalue weighted by Crippen LogP contribution is 2.26. The van der Waals surface area contributed by atoms with Gasteiger partial charge in [0.25, 0.3) is 11.7 Å². The largest absolute Gasteiger partial charge is 0.370 e. The first kappa shape index (κ1) is 16.2. The van der Waals surface area contributed by atoms with E-state index in [9.17, 15) is 13.6 Å². The first-order valence-corrected chi connectivity index (χ1v) is 7.72. The summed E-state index contributed by atoms with van der Waals surface area (Å²) in [5.41, 5.74) is 0.623. The van der Waals surface area contributed by atoms with Crippen molar-refractivity contribution in [1.29, 1.82) is 0 Å². The second kappa shape index (κ2) is 7.72. The zero-order chi connectivity index (χ0) is 15.2. The Kier molecular flexibility index (Phi) is 5.96. The molecule has 7 heteroatoms. The van der Waals surface area contributed by atoms with E-state index in [1.165, 1.54) is 4.90 Å². The Balaban J connectivity index is 1.89. The number of anilines is 1. The number of amides is 1. The molecule has 1 heterocycles. The number of halogens is 2. The van der Waals surface area contributed by atoms with E-state index in [4.69, 9.17) is 4.74 Å². The number of alkyl halides is 2. The first-order chi connectivity index (χ1) is 10.1. The summed E-state index contributed by atoms with van der Waals surface area (Å²) in [4.78, 5) is 13.9. The number of carbonyl (C=O) groups excluding carboxylic acids is 1. The summed E-state index contributed by atoms with van der Waals surface area (Å²) in [6.07, 6.45) is 0. The van der Waals surface area contributed by atoms with Gasteiger partial charge >= 0.3 is 0 Å². The van der Waals surface area contributed by atoms with E-state index in [-0.39, 0.29) is 11.9 Å². The van der Waals surface area contributed by atoms with Crippen molar-refractivity contribution in [3.8, 4) is 0 Å². The molecular weight excluding hydrogens is 298 g/mol. The van der Waals surface area contributed by atoms with Crippen LogP contribution in [-0.2, 0) is 9.53 Å². The van der Waals surface area contributed by atoms with Crippen LogP contribution in [0.4, 0.5) is 14.5 Å². The van der Waals surface area contributed by atoms with Crippen LogP contribution < -0.4 is 10.2 Å². The van der Waals surface area contributed by atoms with Crippen LogP contribution in [0, 0.1) is 0 Å². The number of nitrogens with one attached hydrogen (secondary N) is 2. The minimum Gasteiger partial charge on any atom is -0.370 e. The molecule has 1 aromatic rings. The quantitative estimate of drug-likeness (QED) is 0.803. The number of hydrogen-bond acceptors (Lipinski definition) is 3. The highest BCUT2D eigenvalue weighted by Gasteiger charge is 2.26. The van der Waals surface area contributed by atoms with Crippen LogP contribution in [0.3, 0.4) is 0 Å². The van der Waals surface area contributed by atoms with Gasteiger partial charge < -0.3 is 15.0 Å². The number of hydrogen-bond donors (Lipinski definition) is 2. The molecule has 0 saturated carbocycles. The monoisotopic (exact) mass is 317 g/mol. The number of quaternary nitrogens is 1. The Morgan fingerprint density at radius 3 is 2.48 bits per heavy atom. The molecule has 0 aromatic heterocycles. The molecule has 116 valence electrons. The Hall–Kier alpha value is -1.18. The van der Waals surface area contributed by atoms with Gasteiger partial charge in [0.2, 0.25) is 0 Å². The Morgan fingerprint density at radius 2 is 1.90 bits per heavy atom. The van der Waals surface area contributed by atoms with Crippen LogP contribution in [0.2, 0.25) is 0 Å². The van der Waals surface area contributed by atoms with Crippen molar-refractivity contribution in [2.24, 2.45) is 0 Å². The number of morpholine rings is 1. The van der Waals surface area contributed by atoms with Gasteiger partial charge in [0.1, 0.15) is 13.1 Å². The van der Waals surface area contributed by atoms with E-state index in [0.717, 1.165) is 13.1 Å². The summed E-state index contributed by atoms with van der Waals surface area (Å²) >= 11 is 0.491. The molecule has 1 saturated heterocycles. The molecule has 2 rings (SSSR count). The molecule has 1 atom stereocenters. The normalized spacial score (nSPS) is 17.7. The molecule has 1 fully saturated rings. The Morgan fingerprint density at radius 1 is 1.29 bits per heavy atom. The minimum atomic E-state index is -2.43. The van der Waals surface area contributed by atoms with Gasteiger partial charge in [0.05, 0.1) is 13.2 Å². The topological polar surface area (TPSA) is 42.8 Å². The molecule has 21 heavy (non-hydrogen) atoms. The number of carbonyl (C=O) groups is 1. The lowest BCUT2D eigenvalue weighted by molar-refractivity contribution is -0.921. The summed E-state index contributed by atoms with van der Waals surface area (Å²) in [6, 6.07) is 6.29. The molecule has 2 N–H and O–H groups in total. The molecule has 1 aromatic carbocycles. The predicted octanol–water partition coefficient (Wildman–Crippen LogP) is 1.24. The third-order valence-corrected chi connectivity index (χ3v) is 4.21. The maximum Gasteiger partial charge on any atom is 0.288 e. The third kappa shape index (κ3) is 4.94. The van der Waals surface area contributed by atoms with E-state index in [1.807, 2.05) is 6.92 Å². The van der Waals surface area contributed by atoms with E-state index in [0.29, 0.717) is 35.6 Å². The molecule has 0 unspecified atom stereocenters. The first-order valence-electron chi connectivity index (χ1n) is 6.84. The summed E-state index contributed by atoms with van der Waals surface area (Å²) in [5, 5.41) is 2.82. The summed E-state index contributed by atoms with van der Waals surface area (Å²) in [5.74, 6) is -2.50. The van der Waals surface area contributed by atoms with Crippen LogP contribution in [0.5, 0.6) is 0 Å². The maximum atomic E-state index is 12.2. The van der Waals surface area contributed by atoms with Crippen molar-refractivity contribution in [3.63, 3.8) is 0 Å². The molecule has 4 nitrogen and oxygen atoms in total. The number of ether oxygens (including phenoxy) is 1. The zero-order valence-electron chi connectivity index (χ0n) is 11.8. The van der Waals surface area contributed by atoms with Gasteiger partial charge in [0, 0.05) is 10.6 Å². The average Bonchev–Trinajstić information content (AvgIpc) is 2.49. The smallest absolute Gasteiger partial charge is 0.288 e. The summed E-state index contributed by atoms with van der Waals surface area (Å²) < 4.78 is 29.7. The van der Waals surface area contributed by atoms with Gasteiger partial charge in [-0.25, -0.2) is 0 Å². The Bertz CT molecular complexity index is 465. The van der Waals surface area contributed by atoms with Gasteiger partial charge in [-0.15, -0.1) is 0 Å². The molecule has 1 aliphatic heterocycles. The molecule has 0 aliphatic carbocycles. The molecule has 0 spiro atoms. The highest BCUT2D eigenvalue weighted by molar-refractivity contribution is 7.99. The lowest BCUT2D eigenvalue weighted by atomic mass is 10.2. The maximum absolute atomic E-state index is 12.2. The van der Waals surface area contributed by atoms with E-state index < -0.39 is 5.76 Å². The standard InChI is InChI=1S/C14H18F2N2O2S/c1-10(18-6-8-20-9-7-18)13(19)17-11-2-4-12(5-3-11)21-14(15)16/h2-5,10,14H,6-9H2,1H3,(H,17,19)/p+1/t10-/m0/s1. The van der Waals surface area contributed by atoms with Crippen molar-refractivity contribution < 1.29 is 23.2 Å². The van der Waals surface area contributed by atoms with Crippen molar-refractivity contribution in [3.05, 3.63) is 24.3 Å². The molecule has 0 radical (unpaired) electrons.